The average Bonchev–Trinajstić information content (AvgIpc) is 3.31. The van der Waals surface area contributed by atoms with Crippen molar-refractivity contribution in [2.24, 2.45) is 5.92 Å². The third-order valence-electron chi connectivity index (χ3n) is 5.40. The number of benzene rings is 1. The van der Waals surface area contributed by atoms with Gasteiger partial charge in [-0.05, 0) is 62.1 Å². The van der Waals surface area contributed by atoms with E-state index in [9.17, 15) is 4.79 Å². The lowest BCUT2D eigenvalue weighted by atomic mass is 10.1. The smallest absolute Gasteiger partial charge is 0.211 e. The van der Waals surface area contributed by atoms with Gasteiger partial charge in [0.25, 0.3) is 0 Å². The molecule has 3 N–H and O–H groups in total. The standard InChI is InChI=1S/C16H14N4O.C6H13NO/c21-9-18-12-3-4-14-13(8-12)16(20-19-14)11-5-6-17-15(7-11)10-1-2-10;1-8-5-6-2-3-7-4-6/h3-10H,1-2H2,(H,18,21)(H,19,20);6-7H,2-5H2,1H3/t;6-/m.0/s1. The first-order valence-electron chi connectivity index (χ1n) is 10.1. The number of nitrogens with one attached hydrogen (secondary N) is 3. The van der Waals surface area contributed by atoms with Gasteiger partial charge in [-0.1, -0.05) is 0 Å². The molecular weight excluding hydrogens is 366 g/mol. The molecular formula is C22H27N5O2. The van der Waals surface area contributed by atoms with Crippen LogP contribution >= 0.6 is 0 Å². The van der Waals surface area contributed by atoms with Gasteiger partial charge in [-0.15, -0.1) is 0 Å². The molecule has 7 nitrogen and oxygen atoms in total. The van der Waals surface area contributed by atoms with Gasteiger partial charge in [-0.3, -0.25) is 14.9 Å². The lowest BCUT2D eigenvalue weighted by Crippen LogP contribution is -2.12. The van der Waals surface area contributed by atoms with E-state index in [2.05, 4.69) is 31.9 Å². The molecule has 2 fully saturated rings. The summed E-state index contributed by atoms with van der Waals surface area (Å²) in [6.07, 6.45) is 6.26. The van der Waals surface area contributed by atoms with Gasteiger partial charge in [-0.25, -0.2) is 0 Å². The van der Waals surface area contributed by atoms with E-state index in [1.165, 1.54) is 25.8 Å². The van der Waals surface area contributed by atoms with Gasteiger partial charge < -0.3 is 15.4 Å². The summed E-state index contributed by atoms with van der Waals surface area (Å²) in [5, 5.41) is 14.4. The Hall–Kier alpha value is -2.77. The number of hydrogen-bond acceptors (Lipinski definition) is 5. The molecule has 29 heavy (non-hydrogen) atoms. The highest BCUT2D eigenvalue weighted by Crippen LogP contribution is 2.40. The third kappa shape index (κ3) is 4.81. The zero-order valence-corrected chi connectivity index (χ0v) is 16.6. The summed E-state index contributed by atoms with van der Waals surface area (Å²) >= 11 is 0. The van der Waals surface area contributed by atoms with E-state index < -0.39 is 0 Å². The summed E-state index contributed by atoms with van der Waals surface area (Å²) in [5.74, 6) is 1.39. The number of anilines is 1. The van der Waals surface area contributed by atoms with E-state index in [-0.39, 0.29) is 0 Å². The summed E-state index contributed by atoms with van der Waals surface area (Å²) in [7, 11) is 1.76. The molecule has 2 aliphatic rings. The van der Waals surface area contributed by atoms with Crippen LogP contribution in [0.15, 0.2) is 36.5 Å². The van der Waals surface area contributed by atoms with E-state index in [1.54, 1.807) is 7.11 Å². The van der Waals surface area contributed by atoms with Gasteiger partial charge in [0.2, 0.25) is 6.41 Å². The predicted octanol–water partition coefficient (Wildman–Crippen LogP) is 3.31. The molecule has 1 amide bonds. The fourth-order valence-electron chi connectivity index (χ4n) is 3.68. The number of carbonyl (C=O) groups is 1. The Kier molecular flexibility index (Phi) is 6.17. The van der Waals surface area contributed by atoms with Crippen molar-refractivity contribution < 1.29 is 9.53 Å². The Balaban J connectivity index is 0.000000216. The Bertz CT molecular complexity index is 961. The first kappa shape index (κ1) is 19.5. The van der Waals surface area contributed by atoms with Crippen LogP contribution in [-0.2, 0) is 9.53 Å². The number of aromatic amines is 1. The minimum absolute atomic E-state index is 0.613. The number of rotatable bonds is 6. The lowest BCUT2D eigenvalue weighted by Gasteiger charge is -2.03. The number of fused-ring (bicyclic) bond motifs is 1. The zero-order chi connectivity index (χ0) is 20.1. The van der Waals surface area contributed by atoms with Gasteiger partial charge in [0.1, 0.15) is 5.69 Å². The summed E-state index contributed by atoms with van der Waals surface area (Å²) < 4.78 is 4.99. The number of hydrogen-bond donors (Lipinski definition) is 3. The molecule has 0 spiro atoms. The van der Waals surface area contributed by atoms with E-state index in [1.807, 2.05) is 30.5 Å². The molecule has 3 aromatic rings. The van der Waals surface area contributed by atoms with Gasteiger partial charge in [0.05, 0.1) is 12.1 Å². The molecule has 5 rings (SSSR count). The van der Waals surface area contributed by atoms with Crippen LogP contribution in [0.3, 0.4) is 0 Å². The van der Waals surface area contributed by atoms with E-state index in [0.29, 0.717) is 12.3 Å². The normalized spacial score (nSPS) is 18.3. The van der Waals surface area contributed by atoms with E-state index in [0.717, 1.165) is 52.6 Å². The molecule has 0 unspecified atom stereocenters. The monoisotopic (exact) mass is 393 g/mol. The Labute approximate surface area is 170 Å². The number of H-pyrrole nitrogens is 1. The molecule has 3 heterocycles. The predicted molar refractivity (Wildman–Crippen MR) is 114 cm³/mol. The lowest BCUT2D eigenvalue weighted by molar-refractivity contribution is -0.105. The van der Waals surface area contributed by atoms with Crippen LogP contribution in [0, 0.1) is 5.92 Å². The number of methoxy groups -OCH3 is 1. The van der Waals surface area contributed by atoms with Crippen LogP contribution < -0.4 is 10.6 Å². The number of carbonyl (C=O) groups excluding carboxylic acids is 1. The maximum Gasteiger partial charge on any atom is 0.211 e. The number of ether oxygens (including phenoxy) is 1. The van der Waals surface area contributed by atoms with Crippen molar-refractivity contribution in [3.8, 4) is 11.3 Å². The van der Waals surface area contributed by atoms with Crippen molar-refractivity contribution in [3.63, 3.8) is 0 Å². The first-order chi connectivity index (χ1) is 14.3. The fraction of sp³-hybridized carbons (Fsp3) is 0.409. The third-order valence-corrected chi connectivity index (χ3v) is 5.40. The second-order valence-corrected chi connectivity index (χ2v) is 7.65. The van der Waals surface area contributed by atoms with Crippen molar-refractivity contribution in [1.82, 2.24) is 20.5 Å². The molecule has 1 atom stereocenters. The second kappa shape index (κ2) is 9.15. The Morgan fingerprint density at radius 1 is 1.24 bits per heavy atom. The second-order valence-electron chi connectivity index (χ2n) is 7.65. The molecule has 0 bridgehead atoms. The van der Waals surface area contributed by atoms with Crippen LogP contribution in [0.1, 0.15) is 30.9 Å². The van der Waals surface area contributed by atoms with Gasteiger partial charge in [-0.2, -0.15) is 5.10 Å². The van der Waals surface area contributed by atoms with Crippen LogP contribution in [0.4, 0.5) is 5.69 Å². The quantitative estimate of drug-likeness (QED) is 0.559. The van der Waals surface area contributed by atoms with E-state index >= 15 is 0 Å². The molecule has 7 heteroatoms. The Morgan fingerprint density at radius 3 is 2.86 bits per heavy atom. The van der Waals surface area contributed by atoms with Gasteiger partial charge in [0, 0.05) is 48.1 Å². The summed E-state index contributed by atoms with van der Waals surface area (Å²) in [4.78, 5) is 15.0. The zero-order valence-electron chi connectivity index (χ0n) is 16.6. The van der Waals surface area contributed by atoms with Crippen molar-refractivity contribution >= 4 is 23.0 Å². The number of amides is 1. The SMILES string of the molecule is COC[C@H]1CCNC1.O=CNc1ccc2[nH]nc(-c3ccnc(C4CC4)c3)c2c1. The molecule has 0 radical (unpaired) electrons. The van der Waals surface area contributed by atoms with Crippen molar-refractivity contribution in [1.29, 1.82) is 0 Å². The molecule has 1 aliphatic carbocycles. The minimum atomic E-state index is 0.613. The number of nitrogens with zero attached hydrogens (tertiary/aromatic N) is 2. The van der Waals surface area contributed by atoms with Gasteiger partial charge in [0.15, 0.2) is 0 Å². The number of aromatic nitrogens is 3. The minimum Gasteiger partial charge on any atom is -0.384 e. The topological polar surface area (TPSA) is 91.9 Å². The van der Waals surface area contributed by atoms with Crippen LogP contribution in [-0.4, -0.2) is 48.4 Å². The first-order valence-corrected chi connectivity index (χ1v) is 10.1. The Morgan fingerprint density at radius 2 is 2.14 bits per heavy atom. The van der Waals surface area contributed by atoms with Gasteiger partial charge >= 0.3 is 0 Å². The largest absolute Gasteiger partial charge is 0.384 e. The molecule has 1 aliphatic heterocycles. The summed E-state index contributed by atoms with van der Waals surface area (Å²) in [6, 6.07) is 9.79. The maximum absolute atomic E-state index is 10.6. The molecule has 2 aromatic heterocycles. The summed E-state index contributed by atoms with van der Waals surface area (Å²) in [5.41, 5.74) is 4.80. The highest BCUT2D eigenvalue weighted by Gasteiger charge is 2.25. The summed E-state index contributed by atoms with van der Waals surface area (Å²) in [6.45, 7) is 3.24. The van der Waals surface area contributed by atoms with E-state index in [4.69, 9.17) is 4.74 Å². The van der Waals surface area contributed by atoms with Crippen molar-refractivity contribution in [2.45, 2.75) is 25.2 Å². The maximum atomic E-state index is 10.6. The highest BCUT2D eigenvalue weighted by atomic mass is 16.5. The molecule has 152 valence electrons. The van der Waals surface area contributed by atoms with Crippen LogP contribution in [0.2, 0.25) is 0 Å². The molecule has 1 saturated carbocycles. The highest BCUT2D eigenvalue weighted by molar-refractivity contribution is 5.95. The van der Waals surface area contributed by atoms with Crippen molar-refractivity contribution in [2.75, 3.05) is 32.1 Å². The number of pyridine rings is 1. The molecule has 1 saturated heterocycles. The molecule has 1 aromatic carbocycles. The van der Waals surface area contributed by atoms with Crippen LogP contribution in [0.5, 0.6) is 0 Å². The van der Waals surface area contributed by atoms with Crippen molar-refractivity contribution in [3.05, 3.63) is 42.2 Å². The average molecular weight is 393 g/mol. The van der Waals surface area contributed by atoms with Crippen LogP contribution in [0.25, 0.3) is 22.2 Å². The fourth-order valence-corrected chi connectivity index (χ4v) is 3.68.